The molecule has 3 heteroatoms. The summed E-state index contributed by atoms with van der Waals surface area (Å²) in [6.45, 7) is 13.9. The number of hydrogen-bond donors (Lipinski definition) is 0. The molecule has 0 aliphatic carbocycles. The van der Waals surface area contributed by atoms with Gasteiger partial charge in [-0.1, -0.05) is 50.6 Å². The summed E-state index contributed by atoms with van der Waals surface area (Å²) in [6, 6.07) is 10.9. The second kappa shape index (κ2) is 8.26. The maximum absolute atomic E-state index is 6.54. The number of aliphatic imine (C=N–C) groups is 1. The van der Waals surface area contributed by atoms with E-state index in [1.165, 1.54) is 27.8 Å². The minimum atomic E-state index is 0.0629. The SMILES string of the molecule is CCN(C)C=Nc1cc(C)c(Cc2ccc(C(C)(C)C)c(Cl)c2)cc1C. The lowest BCUT2D eigenvalue weighted by molar-refractivity contribution is 0.552. The molecular formula is C23H31ClN2. The fraction of sp³-hybridized carbons (Fsp3) is 0.435. The molecule has 0 aliphatic rings. The maximum Gasteiger partial charge on any atom is 0.0909 e. The molecule has 0 amide bonds. The molecule has 2 aromatic rings. The molecule has 0 saturated carbocycles. The summed E-state index contributed by atoms with van der Waals surface area (Å²) in [4.78, 5) is 6.69. The van der Waals surface area contributed by atoms with E-state index >= 15 is 0 Å². The van der Waals surface area contributed by atoms with Crippen LogP contribution in [-0.4, -0.2) is 24.8 Å². The number of hydrogen-bond acceptors (Lipinski definition) is 1. The zero-order valence-electron chi connectivity index (χ0n) is 17.2. The molecule has 0 N–H and O–H groups in total. The number of nitrogens with zero attached hydrogens (tertiary/aromatic N) is 2. The van der Waals surface area contributed by atoms with Gasteiger partial charge in [0.25, 0.3) is 0 Å². The highest BCUT2D eigenvalue weighted by Gasteiger charge is 2.17. The van der Waals surface area contributed by atoms with Crippen LogP contribution in [0.4, 0.5) is 5.69 Å². The number of halogens is 1. The van der Waals surface area contributed by atoms with E-state index < -0.39 is 0 Å². The van der Waals surface area contributed by atoms with Crippen LogP contribution in [0.5, 0.6) is 0 Å². The van der Waals surface area contributed by atoms with Crippen LogP contribution in [0, 0.1) is 13.8 Å². The minimum Gasteiger partial charge on any atom is -0.366 e. The Bertz CT molecular complexity index is 801. The summed E-state index contributed by atoms with van der Waals surface area (Å²) in [5.41, 5.74) is 7.32. The third-order valence-corrected chi connectivity index (χ3v) is 5.10. The van der Waals surface area contributed by atoms with E-state index in [4.69, 9.17) is 11.6 Å². The van der Waals surface area contributed by atoms with Crippen molar-refractivity contribution in [3.05, 3.63) is 63.2 Å². The topological polar surface area (TPSA) is 15.6 Å². The maximum atomic E-state index is 6.54. The Balaban J connectivity index is 2.27. The van der Waals surface area contributed by atoms with Crippen molar-refractivity contribution in [2.45, 2.75) is 53.4 Å². The minimum absolute atomic E-state index is 0.0629. The standard InChI is InChI=1S/C23H31ClN2/c1-8-26(7)15-25-22-12-16(2)19(11-17(22)3)13-18-9-10-20(21(24)14-18)23(4,5)6/h9-12,14-15H,8,13H2,1-7H3. The Morgan fingerprint density at radius 3 is 2.35 bits per heavy atom. The molecule has 0 aliphatic heterocycles. The Morgan fingerprint density at radius 1 is 1.08 bits per heavy atom. The van der Waals surface area contributed by atoms with Crippen molar-refractivity contribution < 1.29 is 0 Å². The molecule has 0 unspecified atom stereocenters. The van der Waals surface area contributed by atoms with Gasteiger partial charge in [-0.2, -0.15) is 0 Å². The number of benzene rings is 2. The van der Waals surface area contributed by atoms with Crippen LogP contribution in [0.15, 0.2) is 35.3 Å². The van der Waals surface area contributed by atoms with Crippen molar-refractivity contribution in [3.8, 4) is 0 Å². The van der Waals surface area contributed by atoms with E-state index in [0.29, 0.717) is 0 Å². The fourth-order valence-corrected chi connectivity index (χ4v) is 3.42. The molecular weight excluding hydrogens is 340 g/mol. The average Bonchev–Trinajstić information content (AvgIpc) is 2.55. The summed E-state index contributed by atoms with van der Waals surface area (Å²) in [5, 5.41) is 0.855. The Morgan fingerprint density at radius 2 is 1.77 bits per heavy atom. The highest BCUT2D eigenvalue weighted by atomic mass is 35.5. The van der Waals surface area contributed by atoms with Gasteiger partial charge in [-0.25, -0.2) is 4.99 Å². The molecule has 0 bridgehead atoms. The van der Waals surface area contributed by atoms with Gasteiger partial charge in [-0.3, -0.25) is 0 Å². The predicted molar refractivity (Wildman–Crippen MR) is 115 cm³/mol. The zero-order valence-corrected chi connectivity index (χ0v) is 17.9. The summed E-state index contributed by atoms with van der Waals surface area (Å²) in [7, 11) is 2.03. The van der Waals surface area contributed by atoms with Crippen LogP contribution < -0.4 is 0 Å². The molecule has 0 saturated heterocycles. The smallest absolute Gasteiger partial charge is 0.0909 e. The van der Waals surface area contributed by atoms with E-state index in [-0.39, 0.29) is 5.41 Å². The van der Waals surface area contributed by atoms with Crippen LogP contribution in [0.1, 0.15) is 55.5 Å². The predicted octanol–water partition coefficient (Wildman–Crippen LogP) is 6.46. The van der Waals surface area contributed by atoms with E-state index in [2.05, 4.69) is 81.8 Å². The third kappa shape index (κ3) is 5.11. The molecule has 0 spiro atoms. The molecule has 0 heterocycles. The van der Waals surface area contributed by atoms with Gasteiger partial charge in [-0.15, -0.1) is 0 Å². The lowest BCUT2D eigenvalue weighted by Crippen LogP contribution is -2.14. The molecule has 0 atom stereocenters. The van der Waals surface area contributed by atoms with E-state index in [0.717, 1.165) is 23.7 Å². The van der Waals surface area contributed by atoms with Crippen molar-refractivity contribution >= 4 is 23.6 Å². The molecule has 0 radical (unpaired) electrons. The summed E-state index contributed by atoms with van der Waals surface area (Å²) >= 11 is 6.54. The highest BCUT2D eigenvalue weighted by Crippen LogP contribution is 2.31. The van der Waals surface area contributed by atoms with Gasteiger partial charge in [0, 0.05) is 18.6 Å². The van der Waals surface area contributed by atoms with Crippen LogP contribution in [0.25, 0.3) is 0 Å². The first-order valence-corrected chi connectivity index (χ1v) is 9.63. The molecule has 26 heavy (non-hydrogen) atoms. The van der Waals surface area contributed by atoms with Gasteiger partial charge in [0.15, 0.2) is 0 Å². The zero-order chi connectivity index (χ0) is 19.5. The van der Waals surface area contributed by atoms with Crippen molar-refractivity contribution in [2.24, 2.45) is 4.99 Å². The second-order valence-corrected chi connectivity index (χ2v) is 8.53. The van der Waals surface area contributed by atoms with Crippen LogP contribution in [-0.2, 0) is 11.8 Å². The van der Waals surface area contributed by atoms with E-state index in [1.807, 2.05) is 13.4 Å². The first-order chi connectivity index (χ1) is 12.1. The lowest BCUT2D eigenvalue weighted by atomic mass is 9.86. The summed E-state index contributed by atoms with van der Waals surface area (Å²) in [5.74, 6) is 0. The second-order valence-electron chi connectivity index (χ2n) is 8.12. The largest absolute Gasteiger partial charge is 0.366 e. The number of rotatable bonds is 5. The summed E-state index contributed by atoms with van der Waals surface area (Å²) in [6.07, 6.45) is 2.78. The van der Waals surface area contributed by atoms with Crippen molar-refractivity contribution in [1.29, 1.82) is 0 Å². The number of aryl methyl sites for hydroxylation is 2. The van der Waals surface area contributed by atoms with Crippen molar-refractivity contribution in [1.82, 2.24) is 4.90 Å². The van der Waals surface area contributed by atoms with Gasteiger partial charge in [0.2, 0.25) is 0 Å². The first-order valence-electron chi connectivity index (χ1n) is 9.25. The normalized spacial score (nSPS) is 12.0. The van der Waals surface area contributed by atoms with Gasteiger partial charge >= 0.3 is 0 Å². The Kier molecular flexibility index (Phi) is 6.52. The molecule has 2 rings (SSSR count). The quantitative estimate of drug-likeness (QED) is 0.435. The third-order valence-electron chi connectivity index (χ3n) is 4.78. The van der Waals surface area contributed by atoms with Gasteiger partial charge in [0.1, 0.15) is 0 Å². The van der Waals surface area contributed by atoms with Crippen LogP contribution >= 0.6 is 11.6 Å². The van der Waals surface area contributed by atoms with E-state index in [1.54, 1.807) is 0 Å². The van der Waals surface area contributed by atoms with Gasteiger partial charge < -0.3 is 4.90 Å². The molecule has 0 fully saturated rings. The van der Waals surface area contributed by atoms with Crippen LogP contribution in [0.2, 0.25) is 5.02 Å². The van der Waals surface area contributed by atoms with Crippen molar-refractivity contribution in [3.63, 3.8) is 0 Å². The van der Waals surface area contributed by atoms with E-state index in [9.17, 15) is 0 Å². The van der Waals surface area contributed by atoms with Gasteiger partial charge in [0.05, 0.1) is 12.0 Å². The molecule has 0 aromatic heterocycles. The van der Waals surface area contributed by atoms with Gasteiger partial charge in [-0.05, 0) is 72.6 Å². The Labute approximate surface area is 163 Å². The molecule has 2 nitrogen and oxygen atoms in total. The molecule has 2 aromatic carbocycles. The summed E-state index contributed by atoms with van der Waals surface area (Å²) < 4.78 is 0. The first kappa shape index (κ1) is 20.5. The Hall–Kier alpha value is -1.80. The monoisotopic (exact) mass is 370 g/mol. The van der Waals surface area contributed by atoms with Crippen LogP contribution in [0.3, 0.4) is 0 Å². The highest BCUT2D eigenvalue weighted by molar-refractivity contribution is 6.31. The van der Waals surface area contributed by atoms with Crippen molar-refractivity contribution in [2.75, 3.05) is 13.6 Å². The molecule has 140 valence electrons. The lowest BCUT2D eigenvalue weighted by Gasteiger charge is -2.21. The average molecular weight is 371 g/mol. The fourth-order valence-electron chi connectivity index (χ4n) is 2.93.